The van der Waals surface area contributed by atoms with Crippen LogP contribution in [-0.2, 0) is 13.1 Å². The summed E-state index contributed by atoms with van der Waals surface area (Å²) in [5.41, 5.74) is 1.95. The van der Waals surface area contributed by atoms with Crippen molar-refractivity contribution in [2.45, 2.75) is 20.0 Å². The van der Waals surface area contributed by atoms with Gasteiger partial charge in [0, 0.05) is 30.3 Å². The molecule has 2 N–H and O–H groups in total. The van der Waals surface area contributed by atoms with E-state index < -0.39 is 0 Å². The predicted octanol–water partition coefficient (Wildman–Crippen LogP) is 2.98. The van der Waals surface area contributed by atoms with Gasteiger partial charge in [-0.25, -0.2) is 4.99 Å². The summed E-state index contributed by atoms with van der Waals surface area (Å²) >= 11 is 0. The highest BCUT2D eigenvalue weighted by Crippen LogP contribution is 2.34. The molecule has 7 heteroatoms. The van der Waals surface area contributed by atoms with Crippen molar-refractivity contribution in [2.75, 3.05) is 35.0 Å². The molecule has 0 spiro atoms. The first-order valence-electron chi connectivity index (χ1n) is 9.09. The Labute approximate surface area is 166 Å². The number of hydrogen-bond donors (Lipinski definition) is 2. The third-order valence-electron chi connectivity index (χ3n) is 4.18. The number of nitrogens with zero attached hydrogens (tertiary/aromatic N) is 1. The molecule has 2 rings (SSSR count). The van der Waals surface area contributed by atoms with Gasteiger partial charge in [0.15, 0.2) is 17.5 Å². The number of nitrogens with one attached hydrogen (secondary N) is 2. The van der Waals surface area contributed by atoms with Crippen molar-refractivity contribution < 1.29 is 18.9 Å². The van der Waals surface area contributed by atoms with Crippen molar-refractivity contribution >= 4 is 5.96 Å². The number of aliphatic imine (C=N–C) groups is 1. The van der Waals surface area contributed by atoms with Crippen LogP contribution in [0.5, 0.6) is 23.0 Å². The van der Waals surface area contributed by atoms with Crippen LogP contribution in [0, 0.1) is 0 Å². The predicted molar refractivity (Wildman–Crippen MR) is 111 cm³/mol. The van der Waals surface area contributed by atoms with Crippen molar-refractivity contribution in [1.29, 1.82) is 0 Å². The topological polar surface area (TPSA) is 73.3 Å². The first kappa shape index (κ1) is 21.2. The van der Waals surface area contributed by atoms with E-state index in [1.54, 1.807) is 34.5 Å². The van der Waals surface area contributed by atoms with Crippen molar-refractivity contribution in [2.24, 2.45) is 4.99 Å². The zero-order valence-electron chi connectivity index (χ0n) is 17.2. The van der Waals surface area contributed by atoms with Crippen LogP contribution in [0.4, 0.5) is 0 Å². The van der Waals surface area contributed by atoms with Gasteiger partial charge in [-0.2, -0.15) is 0 Å². The smallest absolute Gasteiger partial charge is 0.191 e. The summed E-state index contributed by atoms with van der Waals surface area (Å²) in [6.07, 6.45) is 0. The zero-order valence-corrected chi connectivity index (χ0v) is 17.2. The van der Waals surface area contributed by atoms with Crippen molar-refractivity contribution in [3.05, 3.63) is 47.5 Å². The molecule has 0 fully saturated rings. The van der Waals surface area contributed by atoms with Gasteiger partial charge in [-0.1, -0.05) is 18.2 Å². The van der Waals surface area contributed by atoms with Crippen LogP contribution in [0.15, 0.2) is 41.4 Å². The van der Waals surface area contributed by atoms with Crippen LogP contribution >= 0.6 is 0 Å². The van der Waals surface area contributed by atoms with Gasteiger partial charge in [0.25, 0.3) is 0 Å². The lowest BCUT2D eigenvalue weighted by Gasteiger charge is -2.15. The van der Waals surface area contributed by atoms with E-state index in [0.717, 1.165) is 23.4 Å². The average molecular weight is 387 g/mol. The Morgan fingerprint density at radius 1 is 0.786 bits per heavy atom. The van der Waals surface area contributed by atoms with Gasteiger partial charge in [0.1, 0.15) is 11.5 Å². The minimum absolute atomic E-state index is 0.421. The summed E-state index contributed by atoms with van der Waals surface area (Å²) in [6, 6.07) is 11.6. The van der Waals surface area contributed by atoms with Gasteiger partial charge in [-0.15, -0.1) is 0 Å². The Kier molecular flexibility index (Phi) is 8.27. The molecular formula is C21H29N3O4. The van der Waals surface area contributed by atoms with Gasteiger partial charge < -0.3 is 29.6 Å². The highest BCUT2D eigenvalue weighted by atomic mass is 16.5. The van der Waals surface area contributed by atoms with E-state index in [9.17, 15) is 0 Å². The zero-order chi connectivity index (χ0) is 20.4. The van der Waals surface area contributed by atoms with Gasteiger partial charge >= 0.3 is 0 Å². The third-order valence-corrected chi connectivity index (χ3v) is 4.18. The van der Waals surface area contributed by atoms with Crippen LogP contribution < -0.4 is 29.6 Å². The molecule has 0 saturated heterocycles. The van der Waals surface area contributed by atoms with E-state index in [4.69, 9.17) is 18.9 Å². The quantitative estimate of drug-likeness (QED) is 0.509. The Balaban J connectivity index is 2.18. The Bertz CT molecular complexity index is 793. The number of methoxy groups -OCH3 is 4. The average Bonchev–Trinajstić information content (AvgIpc) is 2.75. The Morgan fingerprint density at radius 2 is 1.43 bits per heavy atom. The molecule has 0 aliphatic carbocycles. The van der Waals surface area contributed by atoms with E-state index in [1.165, 1.54) is 0 Å². The van der Waals surface area contributed by atoms with Crippen LogP contribution in [0.3, 0.4) is 0 Å². The fourth-order valence-corrected chi connectivity index (χ4v) is 2.75. The third kappa shape index (κ3) is 5.45. The van der Waals surface area contributed by atoms with Gasteiger partial charge in [-0.3, -0.25) is 0 Å². The SMILES string of the molecule is CCNC(=NCc1cc(OC)c(OC)cc1OC)NCc1ccccc1OC. The minimum atomic E-state index is 0.421. The standard InChI is InChI=1S/C21H29N3O4/c1-6-22-21(23-13-15-9-7-8-10-17(15)25-2)24-14-16-11-19(27-4)20(28-5)12-18(16)26-3/h7-12H,6,13-14H2,1-5H3,(H2,22,23,24). The first-order valence-corrected chi connectivity index (χ1v) is 9.09. The molecular weight excluding hydrogens is 358 g/mol. The summed E-state index contributed by atoms with van der Waals surface area (Å²) in [5.74, 6) is 3.49. The number of guanidine groups is 1. The Hall–Kier alpha value is -3.09. The molecule has 0 atom stereocenters. The molecule has 0 bridgehead atoms. The maximum absolute atomic E-state index is 5.48. The molecule has 0 heterocycles. The van der Waals surface area contributed by atoms with E-state index in [0.29, 0.717) is 36.3 Å². The maximum Gasteiger partial charge on any atom is 0.191 e. The van der Waals surface area contributed by atoms with Crippen molar-refractivity contribution in [1.82, 2.24) is 10.6 Å². The van der Waals surface area contributed by atoms with Gasteiger partial charge in [-0.05, 0) is 19.1 Å². The maximum atomic E-state index is 5.48. The van der Waals surface area contributed by atoms with E-state index in [2.05, 4.69) is 15.6 Å². The van der Waals surface area contributed by atoms with Gasteiger partial charge in [0.2, 0.25) is 0 Å². The lowest BCUT2D eigenvalue weighted by atomic mass is 10.1. The summed E-state index contributed by atoms with van der Waals surface area (Å²) in [5, 5.41) is 6.58. The first-order chi connectivity index (χ1) is 13.7. The fraction of sp³-hybridized carbons (Fsp3) is 0.381. The van der Waals surface area contributed by atoms with Gasteiger partial charge in [0.05, 0.1) is 35.0 Å². The highest BCUT2D eigenvalue weighted by molar-refractivity contribution is 5.79. The molecule has 0 aromatic heterocycles. The lowest BCUT2D eigenvalue weighted by molar-refractivity contribution is 0.347. The fourth-order valence-electron chi connectivity index (χ4n) is 2.75. The molecule has 0 aliphatic heterocycles. The van der Waals surface area contributed by atoms with E-state index >= 15 is 0 Å². The molecule has 0 amide bonds. The molecule has 0 saturated carbocycles. The van der Waals surface area contributed by atoms with Crippen molar-refractivity contribution in [3.8, 4) is 23.0 Å². The van der Waals surface area contributed by atoms with Crippen LogP contribution in [0.1, 0.15) is 18.1 Å². The minimum Gasteiger partial charge on any atom is -0.496 e. The summed E-state index contributed by atoms with van der Waals surface area (Å²) in [4.78, 5) is 4.67. The number of ether oxygens (including phenoxy) is 4. The van der Waals surface area contributed by atoms with Crippen LogP contribution in [0.25, 0.3) is 0 Å². The van der Waals surface area contributed by atoms with E-state index in [1.807, 2.05) is 37.3 Å². The summed E-state index contributed by atoms with van der Waals surface area (Å²) < 4.78 is 21.6. The number of para-hydroxylation sites is 1. The summed E-state index contributed by atoms with van der Waals surface area (Å²) in [6.45, 7) is 3.79. The number of benzene rings is 2. The second kappa shape index (κ2) is 10.9. The largest absolute Gasteiger partial charge is 0.496 e. The normalized spacial score (nSPS) is 11.0. The molecule has 28 heavy (non-hydrogen) atoms. The Morgan fingerprint density at radius 3 is 2.07 bits per heavy atom. The molecule has 0 aliphatic rings. The number of hydrogen-bond acceptors (Lipinski definition) is 5. The highest BCUT2D eigenvalue weighted by Gasteiger charge is 2.12. The van der Waals surface area contributed by atoms with E-state index in [-0.39, 0.29) is 0 Å². The molecule has 0 unspecified atom stereocenters. The number of rotatable bonds is 9. The summed E-state index contributed by atoms with van der Waals surface area (Å²) in [7, 11) is 6.50. The second-order valence-electron chi connectivity index (χ2n) is 5.88. The monoisotopic (exact) mass is 387 g/mol. The molecule has 0 radical (unpaired) electrons. The molecule has 152 valence electrons. The molecule has 2 aromatic rings. The molecule has 7 nitrogen and oxygen atoms in total. The second-order valence-corrected chi connectivity index (χ2v) is 5.88. The van der Waals surface area contributed by atoms with Crippen LogP contribution in [0.2, 0.25) is 0 Å². The van der Waals surface area contributed by atoms with Crippen LogP contribution in [-0.4, -0.2) is 40.9 Å². The molecule has 2 aromatic carbocycles. The lowest BCUT2D eigenvalue weighted by Crippen LogP contribution is -2.36. The van der Waals surface area contributed by atoms with Crippen molar-refractivity contribution in [3.63, 3.8) is 0 Å².